The topological polar surface area (TPSA) is 81.9 Å². The summed E-state index contributed by atoms with van der Waals surface area (Å²) in [5.41, 5.74) is 1.39. The van der Waals surface area contributed by atoms with E-state index < -0.39 is 11.7 Å². The predicted octanol–water partition coefficient (Wildman–Crippen LogP) is 3.32. The third-order valence-electron chi connectivity index (χ3n) is 3.72. The standard InChI is InChI=1S/C18H18FN5O2/c1-11(2)24-10-16(22-23-24)21-18(25)14-6-13(7-15(19)8-14)12-4-5-17(26-3)20-9-12/h4-11H,1-3H3,(H,21,25). The highest BCUT2D eigenvalue weighted by Gasteiger charge is 2.13. The van der Waals surface area contributed by atoms with E-state index in [4.69, 9.17) is 4.74 Å². The van der Waals surface area contributed by atoms with E-state index in [0.717, 1.165) is 0 Å². The maximum absolute atomic E-state index is 14.0. The van der Waals surface area contributed by atoms with Gasteiger partial charge in [-0.05, 0) is 43.7 Å². The van der Waals surface area contributed by atoms with Gasteiger partial charge < -0.3 is 10.1 Å². The number of amides is 1. The van der Waals surface area contributed by atoms with Gasteiger partial charge in [-0.1, -0.05) is 5.21 Å². The van der Waals surface area contributed by atoms with Gasteiger partial charge in [0.05, 0.1) is 13.3 Å². The molecular weight excluding hydrogens is 337 g/mol. The first-order valence-electron chi connectivity index (χ1n) is 8.00. The lowest BCUT2D eigenvalue weighted by Gasteiger charge is -2.07. The van der Waals surface area contributed by atoms with Gasteiger partial charge in [0.2, 0.25) is 5.88 Å². The number of hydrogen-bond donors (Lipinski definition) is 1. The summed E-state index contributed by atoms with van der Waals surface area (Å²) in [5, 5.41) is 10.4. The summed E-state index contributed by atoms with van der Waals surface area (Å²) in [6, 6.07) is 7.64. The number of anilines is 1. The first-order chi connectivity index (χ1) is 12.5. The van der Waals surface area contributed by atoms with Crippen molar-refractivity contribution in [1.82, 2.24) is 20.0 Å². The normalized spacial score (nSPS) is 10.8. The molecule has 0 aliphatic rings. The maximum Gasteiger partial charge on any atom is 0.257 e. The number of ether oxygens (including phenoxy) is 1. The van der Waals surface area contributed by atoms with Gasteiger partial charge >= 0.3 is 0 Å². The minimum atomic E-state index is -0.519. The molecule has 0 spiro atoms. The van der Waals surface area contributed by atoms with E-state index in [9.17, 15) is 9.18 Å². The summed E-state index contributed by atoms with van der Waals surface area (Å²) in [6.07, 6.45) is 3.18. The first-order valence-corrected chi connectivity index (χ1v) is 8.00. The third-order valence-corrected chi connectivity index (χ3v) is 3.72. The summed E-state index contributed by atoms with van der Waals surface area (Å²) in [7, 11) is 1.52. The van der Waals surface area contributed by atoms with Crippen LogP contribution in [0.25, 0.3) is 11.1 Å². The van der Waals surface area contributed by atoms with Crippen molar-refractivity contribution < 1.29 is 13.9 Å². The van der Waals surface area contributed by atoms with Crippen molar-refractivity contribution in [3.8, 4) is 17.0 Å². The number of rotatable bonds is 5. The van der Waals surface area contributed by atoms with Gasteiger partial charge in [-0.15, -0.1) is 5.10 Å². The fourth-order valence-electron chi connectivity index (χ4n) is 2.33. The van der Waals surface area contributed by atoms with Crippen LogP contribution in [0.3, 0.4) is 0 Å². The van der Waals surface area contributed by atoms with Crippen LogP contribution in [0.2, 0.25) is 0 Å². The van der Waals surface area contributed by atoms with Gasteiger partial charge in [0.1, 0.15) is 5.82 Å². The number of halogens is 1. The number of carbonyl (C=O) groups is 1. The zero-order valence-corrected chi connectivity index (χ0v) is 14.6. The Morgan fingerprint density at radius 2 is 2.04 bits per heavy atom. The fraction of sp³-hybridized carbons (Fsp3) is 0.222. The molecule has 2 aromatic heterocycles. The van der Waals surface area contributed by atoms with Crippen LogP contribution in [0.15, 0.2) is 42.7 Å². The van der Waals surface area contributed by atoms with Gasteiger partial charge in [0.15, 0.2) is 5.82 Å². The second kappa shape index (κ2) is 7.30. The van der Waals surface area contributed by atoms with Crippen molar-refractivity contribution in [2.45, 2.75) is 19.9 Å². The highest BCUT2D eigenvalue weighted by atomic mass is 19.1. The van der Waals surface area contributed by atoms with Gasteiger partial charge in [-0.3, -0.25) is 4.79 Å². The number of benzene rings is 1. The molecule has 0 radical (unpaired) electrons. The molecule has 0 unspecified atom stereocenters. The first kappa shape index (κ1) is 17.5. The molecule has 1 amide bonds. The zero-order valence-electron chi connectivity index (χ0n) is 14.6. The molecule has 26 heavy (non-hydrogen) atoms. The van der Waals surface area contributed by atoms with Gasteiger partial charge in [0, 0.05) is 29.4 Å². The second-order valence-electron chi connectivity index (χ2n) is 5.95. The van der Waals surface area contributed by atoms with E-state index in [2.05, 4.69) is 20.6 Å². The molecule has 3 rings (SSSR count). The number of nitrogens with one attached hydrogen (secondary N) is 1. The lowest BCUT2D eigenvalue weighted by Crippen LogP contribution is -2.12. The van der Waals surface area contributed by atoms with Crippen LogP contribution in [0, 0.1) is 5.82 Å². The molecule has 3 aromatic rings. The lowest BCUT2D eigenvalue weighted by molar-refractivity contribution is 0.102. The van der Waals surface area contributed by atoms with Crippen LogP contribution in [-0.4, -0.2) is 33.0 Å². The molecule has 0 fully saturated rings. The number of pyridine rings is 1. The van der Waals surface area contributed by atoms with Crippen LogP contribution in [0.4, 0.5) is 10.2 Å². The van der Waals surface area contributed by atoms with Crippen molar-refractivity contribution in [1.29, 1.82) is 0 Å². The van der Waals surface area contributed by atoms with Gasteiger partial charge in [-0.2, -0.15) is 0 Å². The molecule has 0 atom stereocenters. The Labute approximate surface area is 149 Å². The second-order valence-corrected chi connectivity index (χ2v) is 5.95. The predicted molar refractivity (Wildman–Crippen MR) is 94.5 cm³/mol. The summed E-state index contributed by atoms with van der Waals surface area (Å²) in [6.45, 7) is 3.89. The largest absolute Gasteiger partial charge is 0.481 e. The Hall–Kier alpha value is -3.29. The number of nitrogens with zero attached hydrogens (tertiary/aromatic N) is 4. The van der Waals surface area contributed by atoms with E-state index >= 15 is 0 Å². The van der Waals surface area contributed by atoms with Crippen molar-refractivity contribution in [3.05, 3.63) is 54.1 Å². The molecule has 0 saturated heterocycles. The number of aromatic nitrogens is 4. The molecule has 1 N–H and O–H groups in total. The SMILES string of the molecule is COc1ccc(-c2cc(F)cc(C(=O)Nc3cn(C(C)C)nn3)c2)cn1. The van der Waals surface area contributed by atoms with Crippen LogP contribution < -0.4 is 10.1 Å². The molecule has 0 saturated carbocycles. The monoisotopic (exact) mass is 355 g/mol. The Morgan fingerprint density at radius 3 is 2.65 bits per heavy atom. The molecule has 0 aliphatic carbocycles. The molecule has 8 heteroatoms. The molecule has 1 aromatic carbocycles. The summed E-state index contributed by atoms with van der Waals surface area (Å²) in [4.78, 5) is 16.5. The lowest BCUT2D eigenvalue weighted by atomic mass is 10.0. The van der Waals surface area contributed by atoms with E-state index in [-0.39, 0.29) is 11.6 Å². The molecule has 134 valence electrons. The zero-order chi connectivity index (χ0) is 18.7. The minimum Gasteiger partial charge on any atom is -0.481 e. The average Bonchev–Trinajstić information content (AvgIpc) is 3.10. The highest BCUT2D eigenvalue weighted by molar-refractivity contribution is 6.04. The summed E-state index contributed by atoms with van der Waals surface area (Å²) >= 11 is 0. The molecule has 2 heterocycles. The van der Waals surface area contributed by atoms with Crippen LogP contribution in [-0.2, 0) is 0 Å². The Kier molecular flexibility index (Phi) is 4.92. The summed E-state index contributed by atoms with van der Waals surface area (Å²) in [5.74, 6) is -0.227. The third kappa shape index (κ3) is 3.85. The van der Waals surface area contributed by atoms with Crippen LogP contribution in [0.5, 0.6) is 5.88 Å². The Bertz CT molecular complexity index is 922. The molecule has 0 aliphatic heterocycles. The minimum absolute atomic E-state index is 0.122. The summed E-state index contributed by atoms with van der Waals surface area (Å²) < 4.78 is 20.6. The molecule has 0 bridgehead atoms. The van der Waals surface area contributed by atoms with E-state index in [1.165, 1.54) is 19.2 Å². The van der Waals surface area contributed by atoms with Crippen molar-refractivity contribution in [2.75, 3.05) is 12.4 Å². The fourth-order valence-corrected chi connectivity index (χ4v) is 2.33. The molecular formula is C18H18FN5O2. The van der Waals surface area contributed by atoms with Crippen molar-refractivity contribution in [2.24, 2.45) is 0 Å². The van der Waals surface area contributed by atoms with E-state index in [0.29, 0.717) is 22.8 Å². The van der Waals surface area contributed by atoms with Gasteiger partial charge in [-0.25, -0.2) is 14.1 Å². The van der Waals surface area contributed by atoms with Crippen LogP contribution in [0.1, 0.15) is 30.2 Å². The van der Waals surface area contributed by atoms with E-state index in [1.807, 2.05) is 13.8 Å². The Morgan fingerprint density at radius 1 is 1.23 bits per heavy atom. The quantitative estimate of drug-likeness (QED) is 0.759. The maximum atomic E-state index is 14.0. The highest BCUT2D eigenvalue weighted by Crippen LogP contribution is 2.23. The van der Waals surface area contributed by atoms with Gasteiger partial charge in [0.25, 0.3) is 5.91 Å². The smallest absolute Gasteiger partial charge is 0.257 e. The van der Waals surface area contributed by atoms with E-state index in [1.54, 1.807) is 35.3 Å². The number of hydrogen-bond acceptors (Lipinski definition) is 5. The number of methoxy groups -OCH3 is 1. The van der Waals surface area contributed by atoms with Crippen LogP contribution >= 0.6 is 0 Å². The Balaban J connectivity index is 1.84. The number of carbonyl (C=O) groups excluding carboxylic acids is 1. The van der Waals surface area contributed by atoms with Crippen molar-refractivity contribution >= 4 is 11.7 Å². The average molecular weight is 355 g/mol. The molecule has 7 nitrogen and oxygen atoms in total. The van der Waals surface area contributed by atoms with Crippen molar-refractivity contribution in [3.63, 3.8) is 0 Å².